The van der Waals surface area contributed by atoms with Crippen molar-refractivity contribution in [3.63, 3.8) is 0 Å². The van der Waals surface area contributed by atoms with Crippen molar-refractivity contribution in [2.24, 2.45) is 5.11 Å². The summed E-state index contributed by atoms with van der Waals surface area (Å²) in [6, 6.07) is -0.294. The van der Waals surface area contributed by atoms with Crippen LogP contribution < -0.4 is 10.6 Å². The minimum Gasteiger partial charge on any atom is -0.393 e. The van der Waals surface area contributed by atoms with Crippen molar-refractivity contribution < 1.29 is 38.4 Å². The number of urea groups is 1. The van der Waals surface area contributed by atoms with Crippen LogP contribution in [0.15, 0.2) is 29.4 Å². The number of nitrogens with one attached hydrogen (secondary N) is 2. The highest BCUT2D eigenvalue weighted by atomic mass is 19.4. The predicted molar refractivity (Wildman–Crippen MR) is 111 cm³/mol. The van der Waals surface area contributed by atoms with E-state index in [0.717, 1.165) is 36.9 Å². The van der Waals surface area contributed by atoms with Gasteiger partial charge in [-0.2, -0.15) is 13.2 Å². The Kier molecular flexibility index (Phi) is 7.12. The van der Waals surface area contributed by atoms with Crippen molar-refractivity contribution in [1.82, 2.24) is 10.2 Å². The summed E-state index contributed by atoms with van der Waals surface area (Å²) in [5, 5.41) is 52.1. The summed E-state index contributed by atoms with van der Waals surface area (Å²) in [5.74, 6) is 0. The maximum absolute atomic E-state index is 13.2. The Balaban J connectivity index is 2.74. The molecule has 1 unspecified atom stereocenters. The Morgan fingerprint density at radius 1 is 1.36 bits per heavy atom. The van der Waals surface area contributed by atoms with Gasteiger partial charge in [0.25, 0.3) is 0 Å². The molecule has 14 heteroatoms. The van der Waals surface area contributed by atoms with Gasteiger partial charge >= 0.3 is 12.2 Å². The molecule has 0 aliphatic heterocycles. The van der Waals surface area contributed by atoms with E-state index in [2.05, 4.69) is 20.7 Å². The second-order valence-electron chi connectivity index (χ2n) is 8.37. The number of aliphatic hydroxyl groups excluding tert-OH is 2. The smallest absolute Gasteiger partial charge is 0.393 e. The van der Waals surface area contributed by atoms with Crippen LogP contribution in [-0.2, 0) is 6.18 Å². The van der Waals surface area contributed by atoms with E-state index in [1.54, 1.807) is 0 Å². The molecule has 1 aromatic carbocycles. The van der Waals surface area contributed by atoms with Gasteiger partial charge in [0, 0.05) is 24.7 Å². The maximum atomic E-state index is 13.2. The van der Waals surface area contributed by atoms with Gasteiger partial charge in [0.1, 0.15) is 16.7 Å². The van der Waals surface area contributed by atoms with Crippen LogP contribution in [0.3, 0.4) is 0 Å². The number of hydrogen-bond donors (Lipinski definition) is 6. The third kappa shape index (κ3) is 4.15. The Labute approximate surface area is 187 Å². The zero-order chi connectivity index (χ0) is 25.4. The molecular weight excluding hydrogens is 449 g/mol. The summed E-state index contributed by atoms with van der Waals surface area (Å²) in [7, 11) is 2.71. The lowest BCUT2D eigenvalue weighted by atomic mass is 9.73. The summed E-state index contributed by atoms with van der Waals surface area (Å²) >= 11 is 0. The number of azide groups is 1. The fraction of sp³-hybridized carbons (Fsp3) is 0.632. The highest BCUT2D eigenvalue weighted by molar-refractivity contribution is 5.75. The van der Waals surface area contributed by atoms with Gasteiger partial charge in [0.2, 0.25) is 0 Å². The van der Waals surface area contributed by atoms with E-state index in [0.29, 0.717) is 0 Å². The Bertz CT molecular complexity index is 937. The fourth-order valence-electron chi connectivity index (χ4n) is 4.34. The van der Waals surface area contributed by atoms with Crippen LogP contribution in [0, 0.1) is 0 Å². The molecule has 11 nitrogen and oxygen atoms in total. The van der Waals surface area contributed by atoms with Gasteiger partial charge in [-0.05, 0) is 37.6 Å². The number of carbonyl (C=O) groups is 1. The number of alkyl halides is 3. The van der Waals surface area contributed by atoms with Crippen LogP contribution in [0.1, 0.15) is 19.4 Å². The maximum Gasteiger partial charge on any atom is 0.416 e. The second kappa shape index (κ2) is 8.88. The van der Waals surface area contributed by atoms with Gasteiger partial charge in [0.15, 0.2) is 0 Å². The van der Waals surface area contributed by atoms with E-state index in [-0.39, 0.29) is 5.69 Å². The Morgan fingerprint density at radius 3 is 2.42 bits per heavy atom. The SMILES string of the molecule is C[C@H](O)[C@]1(NC(=O)N(C)C)C(N=[N+]=[N-])[C@H](Nc2cccc(C(F)(F)F)c2)[C@](O)(CO)[C@]1(C)O. The van der Waals surface area contributed by atoms with Gasteiger partial charge in [-0.15, -0.1) is 0 Å². The number of carbonyl (C=O) groups excluding carboxylic acids is 1. The number of halogens is 3. The molecule has 2 rings (SSSR count). The van der Waals surface area contributed by atoms with E-state index in [1.165, 1.54) is 20.2 Å². The average molecular weight is 476 g/mol. The van der Waals surface area contributed by atoms with Gasteiger partial charge < -0.3 is 36.0 Å². The number of rotatable bonds is 6. The minimum absolute atomic E-state index is 0.184. The number of anilines is 1. The van der Waals surface area contributed by atoms with Crippen LogP contribution >= 0.6 is 0 Å². The van der Waals surface area contributed by atoms with Crippen molar-refractivity contribution in [3.05, 3.63) is 40.3 Å². The van der Waals surface area contributed by atoms with Gasteiger partial charge in [0.05, 0.1) is 30.4 Å². The molecule has 1 saturated carbocycles. The molecule has 1 aliphatic carbocycles. The lowest BCUT2D eigenvalue weighted by molar-refractivity contribution is -0.185. The predicted octanol–water partition coefficient (Wildman–Crippen LogP) is 1.04. The van der Waals surface area contributed by atoms with Crippen molar-refractivity contribution in [2.75, 3.05) is 26.0 Å². The molecule has 1 fully saturated rings. The summed E-state index contributed by atoms with van der Waals surface area (Å²) in [5.41, 5.74) is 0.562. The molecule has 0 bridgehead atoms. The first-order valence-electron chi connectivity index (χ1n) is 9.81. The number of amides is 2. The minimum atomic E-state index is -4.68. The largest absolute Gasteiger partial charge is 0.416 e. The molecule has 0 spiro atoms. The first kappa shape index (κ1) is 26.5. The summed E-state index contributed by atoms with van der Waals surface area (Å²) in [6.07, 6.45) is -6.35. The Hall–Kier alpha value is -2.77. The monoisotopic (exact) mass is 476 g/mol. The first-order valence-corrected chi connectivity index (χ1v) is 9.81. The summed E-state index contributed by atoms with van der Waals surface area (Å²) in [6.45, 7) is 1.01. The quantitative estimate of drug-likeness (QED) is 0.203. The zero-order valence-electron chi connectivity index (χ0n) is 18.4. The topological polar surface area (TPSA) is 174 Å². The number of hydrogen-bond acceptors (Lipinski definition) is 7. The van der Waals surface area contributed by atoms with Crippen molar-refractivity contribution in [1.29, 1.82) is 0 Å². The normalized spacial score (nSPS) is 32.6. The molecule has 33 heavy (non-hydrogen) atoms. The number of nitrogens with zero attached hydrogens (tertiary/aromatic N) is 4. The van der Waals surface area contributed by atoms with E-state index in [4.69, 9.17) is 0 Å². The summed E-state index contributed by atoms with van der Waals surface area (Å²) < 4.78 is 39.5. The lowest BCUT2D eigenvalue weighted by Crippen LogP contribution is -2.75. The second-order valence-corrected chi connectivity index (χ2v) is 8.37. The standard InChI is InChI=1S/C19H27F3N6O5/c1-10(30)18(25-15(31)28(3)4)14(26-27-23)13(17(33,9-29)16(18,2)32)24-12-7-5-6-11(8-12)19(20,21)22/h5-8,10,13-14,24,29-30,32-33H,9H2,1-4H3,(H,25,31)/t10-,13-,14?,16-,17+,18-/m0/s1. The molecule has 6 atom stereocenters. The third-order valence-electron chi connectivity index (χ3n) is 6.25. The van der Waals surface area contributed by atoms with Gasteiger partial charge in [-0.3, -0.25) is 0 Å². The van der Waals surface area contributed by atoms with Gasteiger partial charge in [-0.1, -0.05) is 11.2 Å². The highest BCUT2D eigenvalue weighted by Crippen LogP contribution is 2.51. The molecule has 184 valence electrons. The van der Waals surface area contributed by atoms with Crippen LogP contribution in [0.2, 0.25) is 0 Å². The van der Waals surface area contributed by atoms with Gasteiger partial charge in [-0.25, -0.2) is 4.79 Å². The van der Waals surface area contributed by atoms with Crippen LogP contribution in [0.25, 0.3) is 10.4 Å². The molecule has 1 aliphatic rings. The first-order chi connectivity index (χ1) is 15.1. The van der Waals surface area contributed by atoms with Crippen molar-refractivity contribution >= 4 is 11.7 Å². The molecule has 0 saturated heterocycles. The van der Waals surface area contributed by atoms with E-state index in [1.807, 2.05) is 0 Å². The molecule has 0 aromatic heterocycles. The lowest BCUT2D eigenvalue weighted by Gasteiger charge is -2.48. The van der Waals surface area contributed by atoms with Crippen molar-refractivity contribution in [3.8, 4) is 0 Å². The fourth-order valence-corrected chi connectivity index (χ4v) is 4.34. The van der Waals surface area contributed by atoms with E-state index >= 15 is 0 Å². The highest BCUT2D eigenvalue weighted by Gasteiger charge is 2.76. The molecule has 6 N–H and O–H groups in total. The van der Waals surface area contributed by atoms with Crippen molar-refractivity contribution in [2.45, 2.75) is 55.0 Å². The van der Waals surface area contributed by atoms with Crippen LogP contribution in [-0.4, -0.2) is 87.0 Å². The molecule has 1 aromatic rings. The van der Waals surface area contributed by atoms with Crippen LogP contribution in [0.4, 0.5) is 23.7 Å². The number of benzene rings is 1. The molecule has 2 amide bonds. The Morgan fingerprint density at radius 2 is 1.97 bits per heavy atom. The number of aliphatic hydroxyl groups is 4. The molecule has 0 heterocycles. The van der Waals surface area contributed by atoms with E-state index in [9.17, 15) is 43.9 Å². The molecular formula is C19H27F3N6O5. The molecule has 0 radical (unpaired) electrons. The van der Waals surface area contributed by atoms with Crippen LogP contribution in [0.5, 0.6) is 0 Å². The third-order valence-corrected chi connectivity index (χ3v) is 6.25. The van der Waals surface area contributed by atoms with E-state index < -0.39 is 59.3 Å². The zero-order valence-corrected chi connectivity index (χ0v) is 18.4. The average Bonchev–Trinajstić information content (AvgIpc) is 2.85. The summed E-state index contributed by atoms with van der Waals surface area (Å²) in [4.78, 5) is 16.3.